The lowest BCUT2D eigenvalue weighted by molar-refractivity contribution is -0.142. The number of aliphatic hydroxyl groups excluding tert-OH is 1. The number of nitrogens with one attached hydrogen (secondary N) is 1. The highest BCUT2D eigenvalue weighted by molar-refractivity contribution is 5.89. The van der Waals surface area contributed by atoms with E-state index in [9.17, 15) is 19.5 Å². The standard InChI is InChI=1S/C30H44N6O5/c1-20(2)35-25-6-3-4-7-26(25)36(30(35)40)29(39)31-21-16-22-9-10-23(17-21)34(22)19-24(37)18-32-11-13-33(14-12-32)28(38)27-8-5-15-41-27/h3-4,6-7,20-24,27,37H,5,8-19H2,1-2H3,(H,31,39). The number of benzene rings is 1. The second-order valence-corrected chi connectivity index (χ2v) is 12.6. The van der Waals surface area contributed by atoms with Crippen molar-refractivity contribution in [1.82, 2.24) is 29.2 Å². The first-order valence-electron chi connectivity index (χ1n) is 15.4. The second-order valence-electron chi connectivity index (χ2n) is 12.6. The minimum Gasteiger partial charge on any atom is -0.390 e. The predicted molar refractivity (Wildman–Crippen MR) is 155 cm³/mol. The Kier molecular flexibility index (Phi) is 8.22. The summed E-state index contributed by atoms with van der Waals surface area (Å²) in [6.45, 7) is 8.69. The first-order valence-corrected chi connectivity index (χ1v) is 15.4. The van der Waals surface area contributed by atoms with Gasteiger partial charge in [-0.3, -0.25) is 19.2 Å². The molecule has 4 unspecified atom stereocenters. The van der Waals surface area contributed by atoms with Crippen molar-refractivity contribution in [1.29, 1.82) is 0 Å². The number of β-amino-alcohol motifs (C(OH)–C–C–N with tert-alkyl or cyclic N) is 1. The second kappa shape index (κ2) is 11.9. The highest BCUT2D eigenvalue weighted by Crippen LogP contribution is 2.36. The van der Waals surface area contributed by atoms with Crippen LogP contribution in [0.1, 0.15) is 58.4 Å². The normalized spacial score (nSPS) is 28.0. The van der Waals surface area contributed by atoms with Crippen molar-refractivity contribution in [2.75, 3.05) is 45.9 Å². The Bertz CT molecular complexity index is 1290. The third-order valence-electron chi connectivity index (χ3n) is 9.49. The summed E-state index contributed by atoms with van der Waals surface area (Å²) in [7, 11) is 0. The van der Waals surface area contributed by atoms with Gasteiger partial charge in [0, 0.05) is 70.0 Å². The van der Waals surface area contributed by atoms with Crippen LogP contribution in [0.2, 0.25) is 0 Å². The van der Waals surface area contributed by atoms with Crippen molar-refractivity contribution in [3.63, 3.8) is 0 Å². The topological polar surface area (TPSA) is 112 Å². The zero-order chi connectivity index (χ0) is 28.7. The van der Waals surface area contributed by atoms with Crippen molar-refractivity contribution >= 4 is 23.0 Å². The lowest BCUT2D eigenvalue weighted by atomic mass is 9.97. The Morgan fingerprint density at radius 3 is 2.32 bits per heavy atom. The van der Waals surface area contributed by atoms with Crippen LogP contribution < -0.4 is 11.0 Å². The van der Waals surface area contributed by atoms with E-state index in [2.05, 4.69) is 15.1 Å². The minimum absolute atomic E-state index is 0.00378. The van der Waals surface area contributed by atoms with Crippen molar-refractivity contribution in [2.45, 2.75) is 88.7 Å². The largest absolute Gasteiger partial charge is 0.390 e. The van der Waals surface area contributed by atoms with Crippen LogP contribution in [-0.4, -0.2) is 117 Å². The van der Waals surface area contributed by atoms with Gasteiger partial charge >= 0.3 is 11.7 Å². The molecule has 0 saturated carbocycles. The summed E-state index contributed by atoms with van der Waals surface area (Å²) in [6, 6.07) is 7.65. The fraction of sp³-hybridized carbons (Fsp3) is 0.700. The van der Waals surface area contributed by atoms with Gasteiger partial charge in [-0.2, -0.15) is 0 Å². The SMILES string of the molecule is CC(C)n1c(=O)n(C(=O)NC2CC3CCC(C2)N3CC(O)CN2CCN(C(=O)C3CCCO3)CC2)c2ccccc21. The third kappa shape index (κ3) is 5.69. The van der Waals surface area contributed by atoms with E-state index >= 15 is 0 Å². The summed E-state index contributed by atoms with van der Waals surface area (Å²) in [5.74, 6) is 0.116. The van der Waals surface area contributed by atoms with E-state index in [0.29, 0.717) is 50.4 Å². The number of aromatic nitrogens is 2. The Balaban J connectivity index is 1.01. The number of amides is 2. The lowest BCUT2D eigenvalue weighted by Gasteiger charge is -2.41. The molecule has 0 spiro atoms. The molecule has 2 bridgehead atoms. The van der Waals surface area contributed by atoms with Gasteiger partial charge in [-0.25, -0.2) is 14.2 Å². The predicted octanol–water partition coefficient (Wildman–Crippen LogP) is 1.62. The smallest absolute Gasteiger partial charge is 0.337 e. The van der Waals surface area contributed by atoms with Crippen molar-refractivity contribution in [2.24, 2.45) is 0 Å². The average Bonchev–Trinajstić information content (AvgIpc) is 3.64. The van der Waals surface area contributed by atoms with Crippen LogP contribution in [0.4, 0.5) is 4.79 Å². The number of ether oxygens (including phenoxy) is 1. The van der Waals surface area contributed by atoms with Gasteiger partial charge in [0.25, 0.3) is 5.91 Å². The molecule has 0 aliphatic carbocycles. The number of fused-ring (bicyclic) bond motifs is 3. The monoisotopic (exact) mass is 568 g/mol. The number of piperazine rings is 1. The molecule has 224 valence electrons. The number of imidazole rings is 1. The van der Waals surface area contributed by atoms with Crippen molar-refractivity contribution < 1.29 is 19.4 Å². The van der Waals surface area contributed by atoms with Crippen LogP contribution in [0.3, 0.4) is 0 Å². The van der Waals surface area contributed by atoms with Gasteiger partial charge in [0.2, 0.25) is 0 Å². The Labute approximate surface area is 241 Å². The summed E-state index contributed by atoms with van der Waals surface area (Å²) < 4.78 is 8.51. The maximum Gasteiger partial charge on any atom is 0.337 e. The molecule has 4 saturated heterocycles. The number of para-hydroxylation sites is 2. The molecule has 41 heavy (non-hydrogen) atoms. The number of carbonyl (C=O) groups excluding carboxylic acids is 2. The summed E-state index contributed by atoms with van der Waals surface area (Å²) in [4.78, 5) is 45.8. The van der Waals surface area contributed by atoms with Crippen LogP contribution >= 0.6 is 0 Å². The molecule has 0 radical (unpaired) electrons. The summed E-state index contributed by atoms with van der Waals surface area (Å²) in [5.41, 5.74) is 1.09. The summed E-state index contributed by atoms with van der Waals surface area (Å²) >= 11 is 0. The molecule has 11 nitrogen and oxygen atoms in total. The number of hydrogen-bond donors (Lipinski definition) is 2. The van der Waals surface area contributed by atoms with Gasteiger partial charge in [0.15, 0.2) is 0 Å². The number of rotatable bonds is 7. The van der Waals surface area contributed by atoms with Gasteiger partial charge in [-0.15, -0.1) is 0 Å². The number of aliphatic hydroxyl groups is 1. The van der Waals surface area contributed by atoms with E-state index in [4.69, 9.17) is 4.74 Å². The molecule has 2 N–H and O–H groups in total. The number of nitrogens with zero attached hydrogens (tertiary/aromatic N) is 5. The lowest BCUT2D eigenvalue weighted by Crippen LogP contribution is -2.56. The van der Waals surface area contributed by atoms with Crippen LogP contribution in [0.15, 0.2) is 29.1 Å². The van der Waals surface area contributed by atoms with E-state index < -0.39 is 6.10 Å². The number of carbonyl (C=O) groups is 2. The molecule has 2 aromatic rings. The first kappa shape index (κ1) is 28.4. The van der Waals surface area contributed by atoms with Gasteiger partial charge < -0.3 is 20.1 Å². The number of hydrogen-bond acceptors (Lipinski definition) is 7. The zero-order valence-electron chi connectivity index (χ0n) is 24.3. The minimum atomic E-state index is -0.467. The highest BCUT2D eigenvalue weighted by atomic mass is 16.5. The molecule has 4 fully saturated rings. The Hall–Kier alpha value is -2.73. The van der Waals surface area contributed by atoms with Crippen LogP contribution in [0.25, 0.3) is 11.0 Å². The molecule has 1 aromatic carbocycles. The summed E-state index contributed by atoms with van der Waals surface area (Å²) in [6.07, 6.45) is 4.79. The maximum atomic E-state index is 13.4. The zero-order valence-corrected chi connectivity index (χ0v) is 24.3. The Morgan fingerprint density at radius 1 is 1.00 bits per heavy atom. The molecular formula is C30H44N6O5. The number of piperidine rings is 1. The van der Waals surface area contributed by atoms with Crippen molar-refractivity contribution in [3.05, 3.63) is 34.7 Å². The fourth-order valence-electron chi connectivity index (χ4n) is 7.52. The van der Waals surface area contributed by atoms with Gasteiger partial charge in [-0.05, 0) is 64.5 Å². The first-order chi connectivity index (χ1) is 19.8. The highest BCUT2D eigenvalue weighted by Gasteiger charge is 2.42. The molecule has 5 heterocycles. The molecule has 4 aliphatic heterocycles. The maximum absolute atomic E-state index is 13.4. The van der Waals surface area contributed by atoms with E-state index in [0.717, 1.165) is 57.1 Å². The molecule has 1 aromatic heterocycles. The van der Waals surface area contributed by atoms with Crippen molar-refractivity contribution in [3.8, 4) is 0 Å². The molecule has 4 aliphatic rings. The van der Waals surface area contributed by atoms with Crippen LogP contribution in [0, 0.1) is 0 Å². The Morgan fingerprint density at radius 2 is 1.68 bits per heavy atom. The van der Waals surface area contributed by atoms with Gasteiger partial charge in [-0.1, -0.05) is 12.1 Å². The molecule has 6 rings (SSSR count). The van der Waals surface area contributed by atoms with Crippen LogP contribution in [0.5, 0.6) is 0 Å². The van der Waals surface area contributed by atoms with E-state index in [1.807, 2.05) is 43.0 Å². The third-order valence-corrected chi connectivity index (χ3v) is 9.49. The molecular weight excluding hydrogens is 524 g/mol. The van der Waals surface area contributed by atoms with Gasteiger partial charge in [0.05, 0.1) is 17.1 Å². The van der Waals surface area contributed by atoms with E-state index in [-0.39, 0.29) is 35.8 Å². The summed E-state index contributed by atoms with van der Waals surface area (Å²) in [5, 5.41) is 14.2. The molecule has 4 atom stereocenters. The molecule has 2 amide bonds. The molecule has 11 heteroatoms. The quantitative estimate of drug-likeness (QED) is 0.522. The van der Waals surface area contributed by atoms with E-state index in [1.165, 1.54) is 4.57 Å². The van der Waals surface area contributed by atoms with Crippen LogP contribution in [-0.2, 0) is 9.53 Å². The average molecular weight is 569 g/mol. The van der Waals surface area contributed by atoms with E-state index in [1.54, 1.807) is 4.57 Å². The fourth-order valence-corrected chi connectivity index (χ4v) is 7.52. The van der Waals surface area contributed by atoms with Gasteiger partial charge in [0.1, 0.15) is 6.10 Å².